The second kappa shape index (κ2) is 7.39. The summed E-state index contributed by atoms with van der Waals surface area (Å²) in [6, 6.07) is 7.98. The van der Waals surface area contributed by atoms with E-state index in [9.17, 15) is 35.9 Å². The molecule has 1 aromatic heterocycles. The Morgan fingerprint density at radius 1 is 0.933 bits per heavy atom. The molecule has 30 heavy (non-hydrogen) atoms. The maximum atomic E-state index is 12.8. The van der Waals surface area contributed by atoms with Crippen LogP contribution in [0.3, 0.4) is 0 Å². The van der Waals surface area contributed by atoms with Crippen molar-refractivity contribution in [1.82, 2.24) is 4.57 Å². The summed E-state index contributed by atoms with van der Waals surface area (Å²) in [5.74, 6) is -2.89. The van der Waals surface area contributed by atoms with Gasteiger partial charge in [0.2, 0.25) is 0 Å². The number of benzene rings is 2. The predicted molar refractivity (Wildman–Crippen MR) is 91.5 cm³/mol. The van der Waals surface area contributed by atoms with Crippen LogP contribution in [0.4, 0.5) is 26.3 Å². The molecule has 5 nitrogen and oxygen atoms in total. The fraction of sp³-hybridized carbons (Fsp3) is 0.158. The molecule has 0 aliphatic carbocycles. The molecule has 1 N–H and O–H groups in total. The zero-order chi connectivity index (χ0) is 22.3. The van der Waals surface area contributed by atoms with E-state index >= 15 is 0 Å². The van der Waals surface area contributed by atoms with Crippen molar-refractivity contribution >= 4 is 22.7 Å². The minimum absolute atomic E-state index is 0.0937. The summed E-state index contributed by atoms with van der Waals surface area (Å²) in [6.45, 7) is 0. The number of carbonyl (C=O) groups is 2. The van der Waals surface area contributed by atoms with Crippen LogP contribution >= 0.6 is 0 Å². The van der Waals surface area contributed by atoms with Gasteiger partial charge in [0.25, 0.3) is 0 Å². The predicted octanol–water partition coefficient (Wildman–Crippen LogP) is 5.21. The SMILES string of the molecule is O=C(O)CC(=O)c1cc2cc(OC(F)(F)F)ccc2n1-c1ccc(C(F)(F)F)cc1. The number of alkyl halides is 6. The summed E-state index contributed by atoms with van der Waals surface area (Å²) in [6.07, 6.45) is -10.5. The number of halogens is 6. The molecule has 1 heterocycles. The number of nitrogens with zero attached hydrogens (tertiary/aromatic N) is 1. The van der Waals surface area contributed by atoms with E-state index in [0.29, 0.717) is 0 Å². The van der Waals surface area contributed by atoms with E-state index in [2.05, 4.69) is 4.74 Å². The lowest BCUT2D eigenvalue weighted by Crippen LogP contribution is -2.17. The zero-order valence-corrected chi connectivity index (χ0v) is 14.7. The Balaban J connectivity index is 2.16. The van der Waals surface area contributed by atoms with E-state index < -0.39 is 42.0 Å². The van der Waals surface area contributed by atoms with Crippen molar-refractivity contribution in [1.29, 1.82) is 0 Å². The monoisotopic (exact) mass is 431 g/mol. The Bertz CT molecular complexity index is 1110. The maximum absolute atomic E-state index is 12.8. The van der Waals surface area contributed by atoms with Gasteiger partial charge in [-0.25, -0.2) is 0 Å². The lowest BCUT2D eigenvalue weighted by atomic mass is 10.1. The number of carboxylic acid groups (broad SMARTS) is 1. The van der Waals surface area contributed by atoms with E-state index in [1.807, 2.05) is 0 Å². The molecule has 0 aliphatic rings. The van der Waals surface area contributed by atoms with Crippen LogP contribution in [-0.4, -0.2) is 27.8 Å². The van der Waals surface area contributed by atoms with Crippen molar-refractivity contribution in [3.63, 3.8) is 0 Å². The highest BCUT2D eigenvalue weighted by molar-refractivity contribution is 6.08. The highest BCUT2D eigenvalue weighted by Crippen LogP contribution is 2.33. The van der Waals surface area contributed by atoms with Gasteiger partial charge in [-0.2, -0.15) is 13.2 Å². The summed E-state index contributed by atoms with van der Waals surface area (Å²) >= 11 is 0. The number of carbonyl (C=O) groups excluding carboxylic acids is 1. The van der Waals surface area contributed by atoms with Gasteiger partial charge in [0.15, 0.2) is 5.78 Å². The number of carboxylic acids is 1. The minimum Gasteiger partial charge on any atom is -0.481 e. The Labute approximate surface area is 164 Å². The van der Waals surface area contributed by atoms with Crippen molar-refractivity contribution in [2.24, 2.45) is 0 Å². The number of hydrogen-bond acceptors (Lipinski definition) is 3. The number of aliphatic carboxylic acids is 1. The van der Waals surface area contributed by atoms with Gasteiger partial charge in [0, 0.05) is 11.1 Å². The molecule has 0 saturated heterocycles. The lowest BCUT2D eigenvalue weighted by molar-refractivity contribution is -0.274. The first-order valence-corrected chi connectivity index (χ1v) is 8.19. The molecular weight excluding hydrogens is 420 g/mol. The highest BCUT2D eigenvalue weighted by Gasteiger charge is 2.32. The molecule has 0 bridgehead atoms. The first kappa shape index (κ1) is 21.2. The third kappa shape index (κ3) is 4.56. The molecule has 3 rings (SSSR count). The Morgan fingerprint density at radius 3 is 2.10 bits per heavy atom. The molecule has 0 spiro atoms. The normalized spacial score (nSPS) is 12.2. The zero-order valence-electron chi connectivity index (χ0n) is 14.7. The third-order valence-corrected chi connectivity index (χ3v) is 4.06. The number of hydrogen-bond donors (Lipinski definition) is 1. The van der Waals surface area contributed by atoms with Gasteiger partial charge >= 0.3 is 18.5 Å². The van der Waals surface area contributed by atoms with E-state index in [4.69, 9.17) is 5.11 Å². The van der Waals surface area contributed by atoms with Crippen molar-refractivity contribution in [2.45, 2.75) is 19.0 Å². The average Bonchev–Trinajstić information content (AvgIpc) is 2.98. The smallest absolute Gasteiger partial charge is 0.481 e. The molecule has 0 fully saturated rings. The Morgan fingerprint density at radius 2 is 1.57 bits per heavy atom. The van der Waals surface area contributed by atoms with Gasteiger partial charge in [-0.1, -0.05) is 0 Å². The second-order valence-electron chi connectivity index (χ2n) is 6.17. The number of Topliss-reactive ketones (excluding diaryl/α,β-unsaturated/α-hetero) is 1. The Hall–Kier alpha value is -3.50. The van der Waals surface area contributed by atoms with Gasteiger partial charge in [0.05, 0.1) is 16.8 Å². The second-order valence-corrected chi connectivity index (χ2v) is 6.17. The third-order valence-electron chi connectivity index (χ3n) is 4.06. The maximum Gasteiger partial charge on any atom is 0.573 e. The molecule has 0 aliphatic heterocycles. The van der Waals surface area contributed by atoms with E-state index in [0.717, 1.165) is 42.5 Å². The molecule has 0 saturated carbocycles. The molecule has 0 amide bonds. The average molecular weight is 431 g/mol. The van der Waals surface area contributed by atoms with Crippen LogP contribution in [0.25, 0.3) is 16.6 Å². The largest absolute Gasteiger partial charge is 0.573 e. The summed E-state index contributed by atoms with van der Waals surface area (Å²) in [4.78, 5) is 23.3. The van der Waals surface area contributed by atoms with Gasteiger partial charge in [0.1, 0.15) is 12.2 Å². The van der Waals surface area contributed by atoms with E-state index in [1.165, 1.54) is 10.6 Å². The molecule has 158 valence electrons. The first-order chi connectivity index (χ1) is 13.8. The summed E-state index contributed by atoms with van der Waals surface area (Å²) < 4.78 is 80.8. The van der Waals surface area contributed by atoms with Gasteiger partial charge < -0.3 is 14.4 Å². The molecule has 2 aromatic carbocycles. The molecule has 11 heteroatoms. The van der Waals surface area contributed by atoms with Crippen LogP contribution in [0.5, 0.6) is 5.75 Å². The Kier molecular flexibility index (Phi) is 5.23. The van der Waals surface area contributed by atoms with Crippen molar-refractivity contribution in [3.8, 4) is 11.4 Å². The summed E-state index contributed by atoms with van der Waals surface area (Å²) in [7, 11) is 0. The van der Waals surface area contributed by atoms with Crippen molar-refractivity contribution < 1.29 is 45.8 Å². The fourth-order valence-corrected chi connectivity index (χ4v) is 2.90. The first-order valence-electron chi connectivity index (χ1n) is 8.19. The van der Waals surface area contributed by atoms with Crippen LogP contribution in [0.2, 0.25) is 0 Å². The topological polar surface area (TPSA) is 68.5 Å². The van der Waals surface area contributed by atoms with Crippen LogP contribution in [-0.2, 0) is 11.0 Å². The number of fused-ring (bicyclic) bond motifs is 1. The van der Waals surface area contributed by atoms with Crippen LogP contribution in [0.15, 0.2) is 48.5 Å². The molecular formula is C19H11F6NO4. The number of rotatable bonds is 5. The van der Waals surface area contributed by atoms with Gasteiger partial charge in [-0.3, -0.25) is 9.59 Å². The summed E-state index contributed by atoms with van der Waals surface area (Å²) in [5, 5.41) is 8.98. The van der Waals surface area contributed by atoms with E-state index in [-0.39, 0.29) is 22.3 Å². The van der Waals surface area contributed by atoms with E-state index in [1.54, 1.807) is 0 Å². The molecule has 0 radical (unpaired) electrons. The number of ketones is 1. The van der Waals surface area contributed by atoms with Crippen molar-refractivity contribution in [2.75, 3.05) is 0 Å². The lowest BCUT2D eigenvalue weighted by Gasteiger charge is -2.13. The summed E-state index contributed by atoms with van der Waals surface area (Å²) in [5.41, 5.74) is -0.882. The fourth-order valence-electron chi connectivity index (χ4n) is 2.90. The standard InChI is InChI=1S/C19H11F6NO4/c20-18(21,22)11-1-3-12(4-2-11)26-14-6-5-13(30-19(23,24)25)7-10(14)8-15(26)16(27)9-17(28)29/h1-8H,9H2,(H,28,29). The van der Waals surface area contributed by atoms with Gasteiger partial charge in [-0.15, -0.1) is 13.2 Å². The van der Waals surface area contributed by atoms with Crippen LogP contribution in [0.1, 0.15) is 22.5 Å². The van der Waals surface area contributed by atoms with Crippen LogP contribution < -0.4 is 4.74 Å². The number of ether oxygens (including phenoxy) is 1. The highest BCUT2D eigenvalue weighted by atomic mass is 19.4. The molecule has 0 unspecified atom stereocenters. The van der Waals surface area contributed by atoms with Crippen molar-refractivity contribution in [3.05, 3.63) is 59.8 Å². The molecule has 0 atom stereocenters. The number of aromatic nitrogens is 1. The molecule has 3 aromatic rings. The quantitative estimate of drug-likeness (QED) is 0.342. The minimum atomic E-state index is -4.95. The van der Waals surface area contributed by atoms with Gasteiger partial charge in [-0.05, 0) is 48.5 Å². The van der Waals surface area contributed by atoms with Crippen LogP contribution in [0, 0.1) is 0 Å².